The first-order valence-corrected chi connectivity index (χ1v) is 7.00. The van der Waals surface area contributed by atoms with Crippen LogP contribution in [-0.4, -0.2) is 41.0 Å². The Balaban J connectivity index is 2.04. The van der Waals surface area contributed by atoms with Crippen LogP contribution in [0, 0.1) is 5.82 Å². The fourth-order valence-corrected chi connectivity index (χ4v) is 2.41. The number of piperidine rings is 1. The van der Waals surface area contributed by atoms with Crippen LogP contribution < -0.4 is 5.32 Å². The quantitative estimate of drug-likeness (QED) is 0.758. The van der Waals surface area contributed by atoms with Gasteiger partial charge in [0.15, 0.2) is 0 Å². The highest BCUT2D eigenvalue weighted by atomic mass is 79.9. The largest absolute Gasteiger partial charge is 0.391 e. The molecule has 1 aliphatic heterocycles. The van der Waals surface area contributed by atoms with Gasteiger partial charge in [0.1, 0.15) is 5.82 Å². The van der Waals surface area contributed by atoms with E-state index in [2.05, 4.69) is 21.2 Å². The Morgan fingerprint density at radius 2 is 2.20 bits per heavy atom. The highest BCUT2D eigenvalue weighted by Crippen LogP contribution is 2.20. The molecule has 0 spiro atoms. The summed E-state index contributed by atoms with van der Waals surface area (Å²) >= 11 is 3.16. The van der Waals surface area contributed by atoms with Crippen LogP contribution in [0.3, 0.4) is 0 Å². The molecule has 1 unspecified atom stereocenters. The maximum Gasteiger partial charge on any atom is 0.313 e. The second kappa shape index (κ2) is 6.32. The zero-order chi connectivity index (χ0) is 14.7. The van der Waals surface area contributed by atoms with Gasteiger partial charge >= 0.3 is 11.8 Å². The van der Waals surface area contributed by atoms with Crippen LogP contribution in [0.4, 0.5) is 10.1 Å². The molecule has 1 heterocycles. The van der Waals surface area contributed by atoms with Gasteiger partial charge in [-0.2, -0.15) is 0 Å². The Kier molecular flexibility index (Phi) is 4.72. The Morgan fingerprint density at radius 3 is 2.90 bits per heavy atom. The van der Waals surface area contributed by atoms with E-state index >= 15 is 0 Å². The van der Waals surface area contributed by atoms with Crippen molar-refractivity contribution in [2.45, 2.75) is 18.9 Å². The first kappa shape index (κ1) is 14.9. The fourth-order valence-electron chi connectivity index (χ4n) is 2.05. The Bertz CT molecular complexity index is 538. The molecular weight excluding hydrogens is 331 g/mol. The molecule has 1 fully saturated rings. The smallest absolute Gasteiger partial charge is 0.313 e. The van der Waals surface area contributed by atoms with Crippen molar-refractivity contribution < 1.29 is 19.1 Å². The molecule has 1 aromatic carbocycles. The Labute approximate surface area is 123 Å². The highest BCUT2D eigenvalue weighted by Gasteiger charge is 2.27. The number of nitrogens with one attached hydrogen (secondary N) is 1. The Morgan fingerprint density at radius 1 is 1.45 bits per heavy atom. The molecule has 1 saturated heterocycles. The van der Waals surface area contributed by atoms with Gasteiger partial charge in [-0.15, -0.1) is 0 Å². The Hall–Kier alpha value is -1.47. The molecule has 2 rings (SSSR count). The van der Waals surface area contributed by atoms with Gasteiger partial charge in [0, 0.05) is 17.6 Å². The number of benzene rings is 1. The van der Waals surface area contributed by atoms with Crippen LogP contribution in [0.5, 0.6) is 0 Å². The van der Waals surface area contributed by atoms with Crippen molar-refractivity contribution >= 4 is 33.4 Å². The summed E-state index contributed by atoms with van der Waals surface area (Å²) < 4.78 is 14.1. The fraction of sp³-hybridized carbons (Fsp3) is 0.385. The first-order valence-electron chi connectivity index (χ1n) is 6.21. The maximum absolute atomic E-state index is 13.5. The lowest BCUT2D eigenvalue weighted by atomic mass is 10.1. The topological polar surface area (TPSA) is 69.6 Å². The van der Waals surface area contributed by atoms with Crippen molar-refractivity contribution in [3.05, 3.63) is 28.5 Å². The van der Waals surface area contributed by atoms with Crippen LogP contribution in [0.25, 0.3) is 0 Å². The molecule has 1 aliphatic rings. The minimum atomic E-state index is -0.906. The number of rotatable bonds is 1. The molecule has 2 N–H and O–H groups in total. The summed E-state index contributed by atoms with van der Waals surface area (Å²) in [6, 6.07) is 4.06. The molecule has 0 aliphatic carbocycles. The third kappa shape index (κ3) is 3.55. The average molecular weight is 345 g/mol. The molecule has 0 bridgehead atoms. The zero-order valence-corrected chi connectivity index (χ0v) is 12.2. The molecule has 108 valence electrons. The van der Waals surface area contributed by atoms with Gasteiger partial charge in [-0.3, -0.25) is 9.59 Å². The molecule has 0 aromatic heterocycles. The van der Waals surface area contributed by atoms with Crippen LogP contribution in [-0.2, 0) is 9.59 Å². The van der Waals surface area contributed by atoms with Crippen molar-refractivity contribution in [2.24, 2.45) is 0 Å². The SMILES string of the molecule is O=C(Nc1cc(Br)ccc1F)C(=O)N1CCCC(O)C1. The van der Waals surface area contributed by atoms with Gasteiger partial charge in [-0.1, -0.05) is 15.9 Å². The number of likely N-dealkylation sites (tertiary alicyclic amines) is 1. The highest BCUT2D eigenvalue weighted by molar-refractivity contribution is 9.10. The summed E-state index contributed by atoms with van der Waals surface area (Å²) in [6.07, 6.45) is 0.653. The van der Waals surface area contributed by atoms with E-state index in [1.54, 1.807) is 0 Å². The summed E-state index contributed by atoms with van der Waals surface area (Å²) in [5, 5.41) is 11.7. The standard InChI is InChI=1S/C13H14BrFN2O3/c14-8-3-4-10(15)11(6-8)16-12(19)13(20)17-5-1-2-9(18)7-17/h3-4,6,9,18H,1-2,5,7H2,(H,16,19). The number of nitrogens with zero attached hydrogens (tertiary/aromatic N) is 1. The number of halogens is 2. The molecule has 1 aromatic rings. The van der Waals surface area contributed by atoms with Gasteiger partial charge in [-0.05, 0) is 31.0 Å². The second-order valence-corrected chi connectivity index (χ2v) is 5.54. The predicted octanol–water partition coefficient (Wildman–Crippen LogP) is 1.51. The van der Waals surface area contributed by atoms with Gasteiger partial charge in [0.25, 0.3) is 0 Å². The number of anilines is 1. The van der Waals surface area contributed by atoms with Gasteiger partial charge in [-0.25, -0.2) is 4.39 Å². The molecule has 0 saturated carbocycles. The van der Waals surface area contributed by atoms with Gasteiger partial charge < -0.3 is 15.3 Å². The molecule has 20 heavy (non-hydrogen) atoms. The number of carbonyl (C=O) groups excluding carboxylic acids is 2. The van der Waals surface area contributed by atoms with E-state index in [0.29, 0.717) is 23.9 Å². The van der Waals surface area contributed by atoms with E-state index in [0.717, 1.165) is 0 Å². The number of carbonyl (C=O) groups is 2. The molecule has 1 atom stereocenters. The van der Waals surface area contributed by atoms with E-state index in [4.69, 9.17) is 0 Å². The minimum absolute atomic E-state index is 0.0599. The van der Waals surface area contributed by atoms with E-state index in [1.807, 2.05) is 0 Å². The summed E-state index contributed by atoms with van der Waals surface area (Å²) in [4.78, 5) is 25.0. The van der Waals surface area contributed by atoms with E-state index in [9.17, 15) is 19.1 Å². The predicted molar refractivity (Wildman–Crippen MR) is 74.6 cm³/mol. The molecular formula is C13H14BrFN2O3. The van der Waals surface area contributed by atoms with E-state index in [-0.39, 0.29) is 12.2 Å². The van der Waals surface area contributed by atoms with Crippen molar-refractivity contribution in [1.29, 1.82) is 0 Å². The summed E-state index contributed by atoms with van der Waals surface area (Å²) in [5.74, 6) is -2.28. The summed E-state index contributed by atoms with van der Waals surface area (Å²) in [6.45, 7) is 0.553. The number of hydrogen-bond acceptors (Lipinski definition) is 3. The third-order valence-electron chi connectivity index (χ3n) is 3.05. The summed E-state index contributed by atoms with van der Waals surface area (Å²) in [7, 11) is 0. The van der Waals surface area contributed by atoms with E-state index < -0.39 is 23.7 Å². The number of aliphatic hydroxyl groups is 1. The third-order valence-corrected chi connectivity index (χ3v) is 3.55. The second-order valence-electron chi connectivity index (χ2n) is 4.63. The lowest BCUT2D eigenvalue weighted by Crippen LogP contribution is -2.46. The van der Waals surface area contributed by atoms with Crippen molar-refractivity contribution in [1.82, 2.24) is 4.90 Å². The number of amides is 2. The molecule has 5 nitrogen and oxygen atoms in total. The zero-order valence-electron chi connectivity index (χ0n) is 10.6. The van der Waals surface area contributed by atoms with Crippen molar-refractivity contribution in [3.63, 3.8) is 0 Å². The van der Waals surface area contributed by atoms with Crippen LogP contribution >= 0.6 is 15.9 Å². The number of β-amino-alcohol motifs (C(OH)–C–C–N with tert-alkyl or cyclic N) is 1. The van der Waals surface area contributed by atoms with Crippen LogP contribution in [0.2, 0.25) is 0 Å². The molecule has 2 amide bonds. The normalized spacial score (nSPS) is 18.8. The summed E-state index contributed by atoms with van der Waals surface area (Å²) in [5.41, 5.74) is -0.0599. The lowest BCUT2D eigenvalue weighted by Gasteiger charge is -2.29. The molecule has 7 heteroatoms. The first-order chi connectivity index (χ1) is 9.47. The lowest BCUT2D eigenvalue weighted by molar-refractivity contribution is -0.145. The maximum atomic E-state index is 13.5. The van der Waals surface area contributed by atoms with Crippen LogP contribution in [0.15, 0.2) is 22.7 Å². The van der Waals surface area contributed by atoms with Gasteiger partial charge in [0.05, 0.1) is 11.8 Å². The monoisotopic (exact) mass is 344 g/mol. The number of aliphatic hydroxyl groups excluding tert-OH is 1. The van der Waals surface area contributed by atoms with Crippen LogP contribution in [0.1, 0.15) is 12.8 Å². The molecule has 0 radical (unpaired) electrons. The average Bonchev–Trinajstić information content (AvgIpc) is 2.42. The minimum Gasteiger partial charge on any atom is -0.391 e. The van der Waals surface area contributed by atoms with E-state index in [1.165, 1.54) is 23.1 Å². The van der Waals surface area contributed by atoms with Crippen molar-refractivity contribution in [3.8, 4) is 0 Å². The van der Waals surface area contributed by atoms with Gasteiger partial charge in [0.2, 0.25) is 0 Å². The number of hydrogen-bond donors (Lipinski definition) is 2. The van der Waals surface area contributed by atoms with Crippen molar-refractivity contribution in [2.75, 3.05) is 18.4 Å².